The number of rotatable bonds is 6. The predicted molar refractivity (Wildman–Crippen MR) is 104 cm³/mol. The van der Waals surface area contributed by atoms with Crippen molar-refractivity contribution in [1.29, 1.82) is 0 Å². The molecule has 1 heterocycles. The minimum atomic E-state index is -4.59. The van der Waals surface area contributed by atoms with E-state index in [2.05, 4.69) is 15.6 Å². The summed E-state index contributed by atoms with van der Waals surface area (Å²) >= 11 is 1.04. The van der Waals surface area contributed by atoms with E-state index in [0.717, 1.165) is 17.4 Å². The van der Waals surface area contributed by atoms with Crippen LogP contribution in [0.4, 0.5) is 24.5 Å². The van der Waals surface area contributed by atoms with Crippen molar-refractivity contribution in [3.63, 3.8) is 0 Å². The highest BCUT2D eigenvalue weighted by molar-refractivity contribution is 7.94. The van der Waals surface area contributed by atoms with Crippen LogP contribution in [0.1, 0.15) is 15.9 Å². The number of carbonyl (C=O) groups excluding carboxylic acids is 1. The normalized spacial score (nSPS) is 11.7. The zero-order valence-corrected chi connectivity index (χ0v) is 16.2. The van der Waals surface area contributed by atoms with Crippen LogP contribution in [0.25, 0.3) is 0 Å². The summed E-state index contributed by atoms with van der Waals surface area (Å²) in [7, 11) is -3.79. The summed E-state index contributed by atoms with van der Waals surface area (Å²) in [4.78, 5) is 12.3. The topological polar surface area (TPSA) is 87.3 Å². The van der Waals surface area contributed by atoms with Gasteiger partial charge in [0.2, 0.25) is 0 Å². The molecule has 0 saturated carbocycles. The van der Waals surface area contributed by atoms with Crippen LogP contribution < -0.4 is 15.6 Å². The minimum absolute atomic E-state index is 0.0494. The maximum Gasteiger partial charge on any atom is 0.418 e. The van der Waals surface area contributed by atoms with Gasteiger partial charge in [-0.15, -0.1) is 11.3 Å². The third kappa shape index (κ3) is 5.06. The Morgan fingerprint density at radius 2 is 1.72 bits per heavy atom. The molecule has 1 aromatic heterocycles. The summed E-state index contributed by atoms with van der Waals surface area (Å²) in [5.41, 5.74) is 3.37. The number of amides is 1. The first kappa shape index (κ1) is 20.7. The molecule has 0 saturated heterocycles. The fraction of sp³-hybridized carbons (Fsp3) is 0.0556. The molecule has 0 spiro atoms. The molecule has 11 heteroatoms. The highest BCUT2D eigenvalue weighted by Crippen LogP contribution is 2.34. The molecule has 0 unspecified atom stereocenters. The zero-order valence-electron chi connectivity index (χ0n) is 14.5. The summed E-state index contributed by atoms with van der Waals surface area (Å²) < 4.78 is 66.0. The smallest absolute Gasteiger partial charge is 0.298 e. The molecular weight excluding hydrogens is 427 g/mol. The van der Waals surface area contributed by atoms with Crippen LogP contribution in [-0.2, 0) is 16.2 Å². The Morgan fingerprint density at radius 3 is 2.41 bits per heavy atom. The number of nitrogens with one attached hydrogen (secondary N) is 3. The first-order valence-corrected chi connectivity index (χ1v) is 10.4. The summed E-state index contributed by atoms with van der Waals surface area (Å²) in [5, 5.41) is 1.61. The molecule has 152 valence electrons. The van der Waals surface area contributed by atoms with Gasteiger partial charge in [0.1, 0.15) is 4.21 Å². The number of benzene rings is 2. The van der Waals surface area contributed by atoms with E-state index in [4.69, 9.17) is 0 Å². The van der Waals surface area contributed by atoms with Gasteiger partial charge in [-0.1, -0.05) is 24.3 Å². The number of anilines is 2. The second-order valence-electron chi connectivity index (χ2n) is 5.74. The Hall–Kier alpha value is -3.05. The fourth-order valence-electron chi connectivity index (χ4n) is 2.38. The van der Waals surface area contributed by atoms with E-state index in [1.54, 1.807) is 11.4 Å². The zero-order chi connectivity index (χ0) is 21.1. The monoisotopic (exact) mass is 441 g/mol. The largest absolute Gasteiger partial charge is 0.418 e. The number of hydrogen-bond donors (Lipinski definition) is 3. The van der Waals surface area contributed by atoms with E-state index >= 15 is 0 Å². The van der Waals surface area contributed by atoms with Gasteiger partial charge in [0.05, 0.1) is 11.3 Å². The summed E-state index contributed by atoms with van der Waals surface area (Å²) in [6, 6.07) is 13.3. The summed E-state index contributed by atoms with van der Waals surface area (Å²) in [5.74, 6) is -0.737. The number of para-hydroxylation sites is 1. The molecule has 0 bridgehead atoms. The average Bonchev–Trinajstić information content (AvgIpc) is 3.21. The van der Waals surface area contributed by atoms with Crippen LogP contribution in [0.2, 0.25) is 0 Å². The molecule has 3 N–H and O–H groups in total. The lowest BCUT2D eigenvalue weighted by Gasteiger charge is -2.15. The van der Waals surface area contributed by atoms with Gasteiger partial charge < -0.3 is 0 Å². The van der Waals surface area contributed by atoms with Gasteiger partial charge in [-0.25, -0.2) is 8.42 Å². The van der Waals surface area contributed by atoms with Crippen LogP contribution in [0.3, 0.4) is 0 Å². The number of thiophene rings is 1. The molecule has 6 nitrogen and oxygen atoms in total. The number of carbonyl (C=O) groups is 1. The maximum atomic E-state index is 13.0. The van der Waals surface area contributed by atoms with Crippen molar-refractivity contribution in [2.45, 2.75) is 10.4 Å². The van der Waals surface area contributed by atoms with Crippen LogP contribution >= 0.6 is 11.3 Å². The molecule has 2 aromatic carbocycles. The lowest BCUT2D eigenvalue weighted by molar-refractivity contribution is -0.137. The molecule has 1 amide bonds. The standard InChI is InChI=1S/C18H14F3N3O3S2/c19-18(20,21)14-7-1-2-8-15(14)22-23-17(25)12-5-3-6-13(11-12)24-29(26,27)16-9-4-10-28-16/h1-11,22,24H,(H,23,25). The molecule has 0 fully saturated rings. The molecule has 0 radical (unpaired) electrons. The quantitative estimate of drug-likeness (QED) is 0.497. The van der Waals surface area contributed by atoms with Gasteiger partial charge in [0, 0.05) is 11.3 Å². The fourth-order valence-corrected chi connectivity index (χ4v) is 4.42. The van der Waals surface area contributed by atoms with E-state index in [9.17, 15) is 26.4 Å². The Labute approximate surface area is 168 Å². The molecule has 0 aliphatic carbocycles. The molecule has 0 aliphatic rings. The Kier molecular flexibility index (Phi) is 5.80. The van der Waals surface area contributed by atoms with Crippen molar-refractivity contribution in [2.75, 3.05) is 10.1 Å². The van der Waals surface area contributed by atoms with Gasteiger partial charge in [0.25, 0.3) is 15.9 Å². The second-order valence-corrected chi connectivity index (χ2v) is 8.60. The first-order valence-electron chi connectivity index (χ1n) is 8.06. The van der Waals surface area contributed by atoms with E-state index in [-0.39, 0.29) is 21.1 Å². The van der Waals surface area contributed by atoms with Gasteiger partial charge in [-0.2, -0.15) is 13.2 Å². The first-order chi connectivity index (χ1) is 13.7. The summed E-state index contributed by atoms with van der Waals surface area (Å²) in [6.07, 6.45) is -4.59. The molecule has 3 rings (SSSR count). The Morgan fingerprint density at radius 1 is 0.966 bits per heavy atom. The maximum absolute atomic E-state index is 13.0. The minimum Gasteiger partial charge on any atom is -0.298 e. The van der Waals surface area contributed by atoms with E-state index in [0.29, 0.717) is 0 Å². The van der Waals surface area contributed by atoms with Gasteiger partial charge in [0.15, 0.2) is 0 Å². The van der Waals surface area contributed by atoms with Crippen LogP contribution in [0.5, 0.6) is 0 Å². The van der Waals surface area contributed by atoms with E-state index < -0.39 is 27.7 Å². The van der Waals surface area contributed by atoms with Gasteiger partial charge >= 0.3 is 6.18 Å². The second kappa shape index (κ2) is 8.13. The number of sulfonamides is 1. The van der Waals surface area contributed by atoms with Crippen LogP contribution in [0.15, 0.2) is 70.3 Å². The van der Waals surface area contributed by atoms with Crippen molar-refractivity contribution >= 4 is 38.6 Å². The lowest BCUT2D eigenvalue weighted by Crippen LogP contribution is -2.30. The van der Waals surface area contributed by atoms with E-state index in [1.165, 1.54) is 48.5 Å². The van der Waals surface area contributed by atoms with Crippen LogP contribution in [0, 0.1) is 0 Å². The molecule has 29 heavy (non-hydrogen) atoms. The third-order valence-electron chi connectivity index (χ3n) is 3.68. The summed E-state index contributed by atoms with van der Waals surface area (Å²) in [6.45, 7) is 0. The van der Waals surface area contributed by atoms with Crippen molar-refractivity contribution in [2.24, 2.45) is 0 Å². The third-order valence-corrected chi connectivity index (χ3v) is 6.46. The highest BCUT2D eigenvalue weighted by atomic mass is 32.2. The van der Waals surface area contributed by atoms with E-state index in [1.807, 2.05) is 0 Å². The Balaban J connectivity index is 1.73. The molecule has 0 aliphatic heterocycles. The van der Waals surface area contributed by atoms with Gasteiger partial charge in [-0.3, -0.25) is 20.4 Å². The SMILES string of the molecule is O=C(NNc1ccccc1C(F)(F)F)c1cccc(NS(=O)(=O)c2cccs2)c1. The number of halogens is 3. The molecule has 0 atom stereocenters. The van der Waals surface area contributed by atoms with Crippen molar-refractivity contribution in [3.05, 3.63) is 77.2 Å². The van der Waals surface area contributed by atoms with Crippen LogP contribution in [-0.4, -0.2) is 14.3 Å². The van der Waals surface area contributed by atoms with Crippen molar-refractivity contribution < 1.29 is 26.4 Å². The Bertz CT molecular complexity index is 1110. The lowest BCUT2D eigenvalue weighted by atomic mass is 10.2. The van der Waals surface area contributed by atoms with Gasteiger partial charge in [-0.05, 0) is 41.8 Å². The molecule has 3 aromatic rings. The predicted octanol–water partition coefficient (Wildman–Crippen LogP) is 4.32. The molecular formula is C18H14F3N3O3S2. The van der Waals surface area contributed by atoms with Crippen molar-refractivity contribution in [3.8, 4) is 0 Å². The number of hydrogen-bond acceptors (Lipinski definition) is 5. The number of alkyl halides is 3. The highest BCUT2D eigenvalue weighted by Gasteiger charge is 2.33. The average molecular weight is 441 g/mol. The van der Waals surface area contributed by atoms with Crippen molar-refractivity contribution in [1.82, 2.24) is 5.43 Å². The number of hydrazine groups is 1.